The van der Waals surface area contributed by atoms with Crippen LogP contribution in [-0.4, -0.2) is 23.6 Å². The third-order valence-corrected chi connectivity index (χ3v) is 3.59. The van der Waals surface area contributed by atoms with Crippen molar-refractivity contribution in [3.8, 4) is 17.6 Å². The van der Waals surface area contributed by atoms with Gasteiger partial charge in [-0.2, -0.15) is 0 Å². The summed E-state index contributed by atoms with van der Waals surface area (Å²) in [5.41, 5.74) is 7.15. The Hall–Kier alpha value is -2.23. The first-order chi connectivity index (χ1) is 10.2. The summed E-state index contributed by atoms with van der Waals surface area (Å²) in [6, 6.07) is 7.07. The van der Waals surface area contributed by atoms with Crippen LogP contribution in [0.5, 0.6) is 5.75 Å². The summed E-state index contributed by atoms with van der Waals surface area (Å²) in [6.07, 6.45) is 1.49. The monoisotopic (exact) mass is 301 g/mol. The summed E-state index contributed by atoms with van der Waals surface area (Å²) < 4.78 is 5.23. The molecule has 2 rings (SSSR count). The van der Waals surface area contributed by atoms with Crippen LogP contribution in [0.3, 0.4) is 0 Å². The van der Waals surface area contributed by atoms with Gasteiger partial charge in [0.15, 0.2) is 5.16 Å². The Balaban J connectivity index is 2.22. The number of benzene rings is 1. The molecule has 1 heterocycles. The second-order valence-electron chi connectivity index (χ2n) is 4.06. The number of rotatable bonds is 4. The van der Waals surface area contributed by atoms with Crippen molar-refractivity contribution in [3.63, 3.8) is 0 Å². The van der Waals surface area contributed by atoms with E-state index in [2.05, 4.69) is 21.8 Å². The Bertz CT molecular complexity index is 731. The fourth-order valence-corrected chi connectivity index (χ4v) is 2.50. The molecule has 0 aliphatic heterocycles. The van der Waals surface area contributed by atoms with Gasteiger partial charge >= 0.3 is 0 Å². The summed E-state index contributed by atoms with van der Waals surface area (Å²) in [7, 11) is 1.62. The third-order valence-electron chi connectivity index (χ3n) is 2.65. The van der Waals surface area contributed by atoms with Crippen molar-refractivity contribution in [1.29, 1.82) is 0 Å². The lowest BCUT2D eigenvalue weighted by Crippen LogP contribution is -2.05. The average Bonchev–Trinajstić information content (AvgIpc) is 2.51. The number of aromatic nitrogens is 2. The van der Waals surface area contributed by atoms with Crippen LogP contribution in [0, 0.1) is 11.8 Å². The summed E-state index contributed by atoms with van der Waals surface area (Å²) in [5, 5.41) is 0.572. The molecule has 1 aromatic carbocycles. The molecular formula is C15H15N3O2S. The van der Waals surface area contributed by atoms with Gasteiger partial charge in [0.1, 0.15) is 5.75 Å². The first-order valence-corrected chi connectivity index (χ1v) is 7.25. The molecule has 0 bridgehead atoms. The zero-order valence-electron chi connectivity index (χ0n) is 11.6. The molecule has 0 atom stereocenters. The van der Waals surface area contributed by atoms with Gasteiger partial charge in [0.25, 0.3) is 5.56 Å². The maximum Gasteiger partial charge on any atom is 0.251 e. The molecule has 0 fully saturated rings. The summed E-state index contributed by atoms with van der Waals surface area (Å²) in [4.78, 5) is 18.0. The van der Waals surface area contributed by atoms with E-state index >= 15 is 0 Å². The first kappa shape index (κ1) is 15.2. The van der Waals surface area contributed by atoms with E-state index in [9.17, 15) is 4.79 Å². The van der Waals surface area contributed by atoms with Crippen molar-refractivity contribution in [1.82, 2.24) is 9.97 Å². The second kappa shape index (κ2) is 7.53. The van der Waals surface area contributed by atoms with Crippen molar-refractivity contribution in [2.24, 2.45) is 5.73 Å². The smallest absolute Gasteiger partial charge is 0.251 e. The largest absolute Gasteiger partial charge is 0.497 e. The molecule has 21 heavy (non-hydrogen) atoms. The lowest BCUT2D eigenvalue weighted by Gasteiger charge is -2.07. The van der Waals surface area contributed by atoms with Gasteiger partial charge in [-0.15, -0.1) is 0 Å². The summed E-state index contributed by atoms with van der Waals surface area (Å²) >= 11 is 1.43. The van der Waals surface area contributed by atoms with E-state index in [1.165, 1.54) is 24.0 Å². The van der Waals surface area contributed by atoms with Gasteiger partial charge in [-0.1, -0.05) is 23.6 Å². The van der Waals surface area contributed by atoms with Crippen molar-refractivity contribution in [2.45, 2.75) is 10.9 Å². The maximum absolute atomic E-state index is 11.2. The molecule has 0 aliphatic rings. The molecular weight excluding hydrogens is 286 g/mol. The van der Waals surface area contributed by atoms with Crippen LogP contribution in [0.2, 0.25) is 0 Å². The Morgan fingerprint density at radius 1 is 1.43 bits per heavy atom. The van der Waals surface area contributed by atoms with Gasteiger partial charge in [-0.25, -0.2) is 4.98 Å². The SMILES string of the molecule is COc1ccc(C#CCN)c(CSc2nccc(=O)[nH]2)c1. The van der Waals surface area contributed by atoms with Gasteiger partial charge in [-0.3, -0.25) is 4.79 Å². The first-order valence-electron chi connectivity index (χ1n) is 6.27. The van der Waals surface area contributed by atoms with E-state index in [0.717, 1.165) is 16.9 Å². The number of nitrogens with zero attached hydrogens (tertiary/aromatic N) is 1. The fourth-order valence-electron chi connectivity index (χ4n) is 1.66. The number of H-pyrrole nitrogens is 1. The van der Waals surface area contributed by atoms with Crippen LogP contribution >= 0.6 is 11.8 Å². The lowest BCUT2D eigenvalue weighted by molar-refractivity contribution is 0.414. The maximum atomic E-state index is 11.2. The van der Waals surface area contributed by atoms with Gasteiger partial charge in [0.2, 0.25) is 0 Å². The minimum atomic E-state index is -0.165. The minimum Gasteiger partial charge on any atom is -0.497 e. The molecule has 0 amide bonds. The fraction of sp³-hybridized carbons (Fsp3) is 0.200. The Morgan fingerprint density at radius 3 is 3.00 bits per heavy atom. The highest BCUT2D eigenvalue weighted by Gasteiger charge is 2.05. The van der Waals surface area contributed by atoms with E-state index in [0.29, 0.717) is 17.5 Å². The van der Waals surface area contributed by atoms with Crippen LogP contribution in [0.25, 0.3) is 0 Å². The second-order valence-corrected chi connectivity index (χ2v) is 5.02. The molecule has 3 N–H and O–H groups in total. The molecule has 0 unspecified atom stereocenters. The third kappa shape index (κ3) is 4.38. The Morgan fingerprint density at radius 2 is 2.29 bits per heavy atom. The minimum absolute atomic E-state index is 0.165. The number of hydrogen-bond donors (Lipinski definition) is 2. The van der Waals surface area contributed by atoms with Gasteiger partial charge < -0.3 is 15.5 Å². The van der Waals surface area contributed by atoms with Crippen LogP contribution in [0.15, 0.2) is 40.4 Å². The van der Waals surface area contributed by atoms with Crippen molar-refractivity contribution < 1.29 is 4.74 Å². The van der Waals surface area contributed by atoms with Crippen molar-refractivity contribution >= 4 is 11.8 Å². The number of nitrogens with two attached hydrogens (primary N) is 1. The Labute approximate surface area is 126 Å². The molecule has 1 aromatic heterocycles. The molecule has 5 nitrogen and oxygen atoms in total. The molecule has 0 aliphatic carbocycles. The van der Waals surface area contributed by atoms with Crippen molar-refractivity contribution in [2.75, 3.05) is 13.7 Å². The number of hydrogen-bond acceptors (Lipinski definition) is 5. The highest BCUT2D eigenvalue weighted by Crippen LogP contribution is 2.24. The van der Waals surface area contributed by atoms with E-state index in [1.807, 2.05) is 18.2 Å². The zero-order chi connectivity index (χ0) is 15.1. The molecule has 0 saturated heterocycles. The molecule has 2 aromatic rings. The van der Waals surface area contributed by atoms with Crippen LogP contribution in [0.1, 0.15) is 11.1 Å². The molecule has 6 heteroatoms. The Kier molecular flexibility index (Phi) is 5.43. The number of thioether (sulfide) groups is 1. The van der Waals surface area contributed by atoms with Gasteiger partial charge in [-0.05, 0) is 23.8 Å². The number of nitrogens with one attached hydrogen (secondary N) is 1. The predicted octanol–water partition coefficient (Wildman–Crippen LogP) is 1.38. The summed E-state index contributed by atoms with van der Waals surface area (Å²) in [6.45, 7) is 0.312. The van der Waals surface area contributed by atoms with Crippen LogP contribution in [-0.2, 0) is 5.75 Å². The quantitative estimate of drug-likeness (QED) is 0.506. The standard InChI is InChI=1S/C15H15N3O2S/c1-20-13-5-4-11(3-2-7-16)12(9-13)10-21-15-17-8-6-14(19)18-15/h4-6,8-9H,7,10,16H2,1H3,(H,17,18,19). The van der Waals surface area contributed by atoms with E-state index in [-0.39, 0.29) is 5.56 Å². The number of aromatic amines is 1. The zero-order valence-corrected chi connectivity index (χ0v) is 12.4. The van der Waals surface area contributed by atoms with Gasteiger partial charge in [0, 0.05) is 23.6 Å². The normalized spacial score (nSPS) is 9.81. The van der Waals surface area contributed by atoms with E-state index in [1.54, 1.807) is 7.11 Å². The predicted molar refractivity (Wildman–Crippen MR) is 83.3 cm³/mol. The average molecular weight is 301 g/mol. The van der Waals surface area contributed by atoms with Crippen LogP contribution < -0.4 is 16.0 Å². The lowest BCUT2D eigenvalue weighted by atomic mass is 10.1. The van der Waals surface area contributed by atoms with E-state index < -0.39 is 0 Å². The molecule has 0 spiro atoms. The molecule has 0 saturated carbocycles. The summed E-state index contributed by atoms with van der Waals surface area (Å²) in [5.74, 6) is 7.27. The van der Waals surface area contributed by atoms with Crippen LogP contribution in [0.4, 0.5) is 0 Å². The molecule has 108 valence electrons. The van der Waals surface area contributed by atoms with Crippen molar-refractivity contribution in [3.05, 3.63) is 51.9 Å². The number of methoxy groups -OCH3 is 1. The van der Waals surface area contributed by atoms with E-state index in [4.69, 9.17) is 10.5 Å². The number of ether oxygens (including phenoxy) is 1. The van der Waals surface area contributed by atoms with Gasteiger partial charge in [0.05, 0.1) is 13.7 Å². The highest BCUT2D eigenvalue weighted by atomic mass is 32.2. The topological polar surface area (TPSA) is 81.0 Å². The molecule has 0 radical (unpaired) electrons. The highest BCUT2D eigenvalue weighted by molar-refractivity contribution is 7.98.